The molecule has 0 aliphatic heterocycles. The maximum atomic E-state index is 5.33. The highest BCUT2D eigenvalue weighted by atomic mass is 16.9. The summed E-state index contributed by atoms with van der Waals surface area (Å²) in [6.07, 6.45) is 23.9. The van der Waals surface area contributed by atoms with Gasteiger partial charge in [-0.2, -0.15) is 0 Å². The topological polar surface area (TPSA) is 55.4 Å². The highest BCUT2D eigenvalue weighted by Gasteiger charge is 2.29. The summed E-state index contributed by atoms with van der Waals surface area (Å²) in [5.74, 6) is -1.71. The first-order valence-electron chi connectivity index (χ1n) is 13.4. The van der Waals surface area contributed by atoms with E-state index < -0.39 is 11.9 Å². The van der Waals surface area contributed by atoms with E-state index in [0.717, 1.165) is 25.7 Å². The molecule has 200 valence electrons. The molecule has 0 saturated heterocycles. The Kier molecular flexibility index (Phi) is 22.1. The predicted octanol–water partition coefficient (Wildman–Crippen LogP) is 7.58. The van der Waals surface area contributed by atoms with Gasteiger partial charge in [0, 0.05) is 55.5 Å². The highest BCUT2D eigenvalue weighted by Crippen LogP contribution is 2.23. The molecule has 0 rings (SSSR count). The molecule has 0 aliphatic carbocycles. The summed E-state index contributed by atoms with van der Waals surface area (Å²) in [5, 5.41) is 0. The Labute approximate surface area is 205 Å². The van der Waals surface area contributed by atoms with E-state index in [9.17, 15) is 0 Å². The van der Waals surface area contributed by atoms with E-state index in [1.54, 1.807) is 42.7 Å². The lowest BCUT2D eigenvalue weighted by Gasteiger charge is -2.28. The number of hydrogen-bond acceptors (Lipinski definition) is 6. The third kappa shape index (κ3) is 16.1. The van der Waals surface area contributed by atoms with Crippen molar-refractivity contribution in [3.63, 3.8) is 0 Å². The average Bonchev–Trinajstić information content (AvgIpc) is 2.86. The minimum atomic E-state index is -0.855. The first-order chi connectivity index (χ1) is 16.1. The summed E-state index contributed by atoms with van der Waals surface area (Å²) in [7, 11) is 9.80. The van der Waals surface area contributed by atoms with Crippen molar-refractivity contribution in [1.29, 1.82) is 0 Å². The van der Waals surface area contributed by atoms with Gasteiger partial charge in [0.2, 0.25) is 0 Å². The number of unbranched alkanes of at least 4 members (excludes halogenated alkanes) is 16. The molecule has 6 nitrogen and oxygen atoms in total. The lowest BCUT2D eigenvalue weighted by atomic mass is 10.0. The summed E-state index contributed by atoms with van der Waals surface area (Å²) >= 11 is 0. The Morgan fingerprint density at radius 3 is 0.576 bits per heavy atom. The molecule has 33 heavy (non-hydrogen) atoms. The molecule has 0 aliphatic rings. The fourth-order valence-corrected chi connectivity index (χ4v) is 4.45. The van der Waals surface area contributed by atoms with E-state index >= 15 is 0 Å². The van der Waals surface area contributed by atoms with Crippen molar-refractivity contribution in [2.24, 2.45) is 0 Å². The van der Waals surface area contributed by atoms with E-state index in [-0.39, 0.29) is 0 Å². The van der Waals surface area contributed by atoms with Gasteiger partial charge in [-0.05, 0) is 12.8 Å². The van der Waals surface area contributed by atoms with Crippen LogP contribution in [0.2, 0.25) is 0 Å². The van der Waals surface area contributed by atoms with Crippen LogP contribution in [-0.4, -0.2) is 54.6 Å². The van der Waals surface area contributed by atoms with Gasteiger partial charge < -0.3 is 28.4 Å². The second-order valence-corrected chi connectivity index (χ2v) is 9.10. The summed E-state index contributed by atoms with van der Waals surface area (Å²) in [6.45, 7) is 0. The zero-order valence-electron chi connectivity index (χ0n) is 22.9. The third-order valence-electron chi connectivity index (χ3n) is 6.83. The number of ether oxygens (including phenoxy) is 6. The lowest BCUT2D eigenvalue weighted by molar-refractivity contribution is -0.355. The molecule has 6 heteroatoms. The van der Waals surface area contributed by atoms with Gasteiger partial charge in [-0.15, -0.1) is 0 Å². The smallest absolute Gasteiger partial charge is 0.282 e. The Bertz CT molecular complexity index is 344. The molecule has 0 saturated carbocycles. The minimum Gasteiger partial charge on any atom is -0.331 e. The molecule has 0 unspecified atom stereocenters. The summed E-state index contributed by atoms with van der Waals surface area (Å²) in [6, 6.07) is 0. The molecule has 0 aromatic heterocycles. The van der Waals surface area contributed by atoms with Gasteiger partial charge >= 0.3 is 0 Å². The zero-order chi connectivity index (χ0) is 24.7. The van der Waals surface area contributed by atoms with Crippen molar-refractivity contribution in [2.75, 3.05) is 42.7 Å². The largest absolute Gasteiger partial charge is 0.331 e. The molecule has 0 spiro atoms. The van der Waals surface area contributed by atoms with Crippen LogP contribution in [0.4, 0.5) is 0 Å². The van der Waals surface area contributed by atoms with Crippen LogP contribution in [0.3, 0.4) is 0 Å². The first-order valence-corrected chi connectivity index (χ1v) is 13.4. The molecule has 0 amide bonds. The Morgan fingerprint density at radius 1 is 0.273 bits per heavy atom. The molecule has 0 aromatic carbocycles. The fourth-order valence-electron chi connectivity index (χ4n) is 4.45. The summed E-state index contributed by atoms with van der Waals surface area (Å²) in [4.78, 5) is 0. The van der Waals surface area contributed by atoms with Gasteiger partial charge in [-0.25, -0.2) is 0 Å². The van der Waals surface area contributed by atoms with Crippen molar-refractivity contribution in [3.05, 3.63) is 0 Å². The van der Waals surface area contributed by atoms with Gasteiger partial charge in [-0.3, -0.25) is 0 Å². The second kappa shape index (κ2) is 22.2. The van der Waals surface area contributed by atoms with Gasteiger partial charge in [0.1, 0.15) is 0 Å². The molecule has 0 bridgehead atoms. The second-order valence-electron chi connectivity index (χ2n) is 9.10. The predicted molar refractivity (Wildman–Crippen MR) is 135 cm³/mol. The van der Waals surface area contributed by atoms with Gasteiger partial charge in [-0.1, -0.05) is 96.3 Å². The Balaban J connectivity index is 3.32. The molecular formula is C27H56O6. The van der Waals surface area contributed by atoms with Gasteiger partial charge in [0.25, 0.3) is 11.9 Å². The monoisotopic (exact) mass is 476 g/mol. The molecule has 0 radical (unpaired) electrons. The standard InChI is InChI=1S/C27H56O6/c1-28-26(29-2,30-3)24-22-20-18-16-14-12-10-8-7-9-11-13-15-17-19-21-23-25-27(31-4,32-5)33-6/h7-25H2,1-6H3. The molecular weight excluding hydrogens is 420 g/mol. The van der Waals surface area contributed by atoms with E-state index in [0.29, 0.717) is 0 Å². The molecule has 0 heterocycles. The van der Waals surface area contributed by atoms with Crippen molar-refractivity contribution < 1.29 is 28.4 Å². The fraction of sp³-hybridized carbons (Fsp3) is 1.00. The molecule has 0 atom stereocenters. The highest BCUT2D eigenvalue weighted by molar-refractivity contribution is 4.58. The maximum Gasteiger partial charge on any atom is 0.282 e. The number of hydrogen-bond donors (Lipinski definition) is 0. The summed E-state index contributed by atoms with van der Waals surface area (Å²) in [5.41, 5.74) is 0. The summed E-state index contributed by atoms with van der Waals surface area (Å²) < 4.78 is 32.0. The molecule has 0 fully saturated rings. The Hall–Kier alpha value is -0.240. The van der Waals surface area contributed by atoms with Crippen molar-refractivity contribution in [2.45, 2.75) is 134 Å². The average molecular weight is 477 g/mol. The van der Waals surface area contributed by atoms with Crippen molar-refractivity contribution in [3.8, 4) is 0 Å². The van der Waals surface area contributed by atoms with Crippen LogP contribution in [0.15, 0.2) is 0 Å². The van der Waals surface area contributed by atoms with Crippen LogP contribution in [0.25, 0.3) is 0 Å². The normalized spacial score (nSPS) is 12.5. The first kappa shape index (κ1) is 32.8. The van der Waals surface area contributed by atoms with Crippen LogP contribution < -0.4 is 0 Å². The van der Waals surface area contributed by atoms with Crippen LogP contribution in [0.1, 0.15) is 122 Å². The lowest BCUT2D eigenvalue weighted by Crippen LogP contribution is -2.35. The molecule has 0 aromatic rings. The van der Waals surface area contributed by atoms with E-state index in [1.807, 2.05) is 0 Å². The van der Waals surface area contributed by atoms with E-state index in [1.165, 1.54) is 96.3 Å². The van der Waals surface area contributed by atoms with E-state index in [2.05, 4.69) is 0 Å². The number of methoxy groups -OCH3 is 6. The minimum absolute atomic E-state index is 0.786. The third-order valence-corrected chi connectivity index (χ3v) is 6.83. The van der Waals surface area contributed by atoms with Crippen LogP contribution in [0, 0.1) is 0 Å². The van der Waals surface area contributed by atoms with E-state index in [4.69, 9.17) is 28.4 Å². The Morgan fingerprint density at radius 2 is 0.424 bits per heavy atom. The van der Waals surface area contributed by atoms with Crippen molar-refractivity contribution >= 4 is 0 Å². The zero-order valence-corrected chi connectivity index (χ0v) is 22.9. The SMILES string of the molecule is COC(CCCCCCCCCCCCCCCCCCCC(OC)(OC)OC)(OC)OC. The number of rotatable bonds is 26. The maximum absolute atomic E-state index is 5.33. The van der Waals surface area contributed by atoms with Crippen LogP contribution in [0.5, 0.6) is 0 Å². The van der Waals surface area contributed by atoms with Crippen LogP contribution in [-0.2, 0) is 28.4 Å². The quantitative estimate of drug-likeness (QED) is 0.0947. The molecule has 0 N–H and O–H groups in total. The van der Waals surface area contributed by atoms with Gasteiger partial charge in [0.15, 0.2) is 0 Å². The van der Waals surface area contributed by atoms with Crippen LogP contribution >= 0.6 is 0 Å². The van der Waals surface area contributed by atoms with Gasteiger partial charge in [0.05, 0.1) is 0 Å². The van der Waals surface area contributed by atoms with Crippen molar-refractivity contribution in [1.82, 2.24) is 0 Å².